The van der Waals surface area contributed by atoms with Crippen molar-refractivity contribution in [1.29, 1.82) is 0 Å². The van der Waals surface area contributed by atoms with Crippen molar-refractivity contribution in [3.05, 3.63) is 0 Å². The summed E-state index contributed by atoms with van der Waals surface area (Å²) in [6.45, 7) is 7.26. The molecule has 2 heterocycles. The fourth-order valence-electron chi connectivity index (χ4n) is 2.18. The van der Waals surface area contributed by atoms with Gasteiger partial charge in [-0.15, -0.1) is 0 Å². The third-order valence-electron chi connectivity index (χ3n) is 2.84. The Labute approximate surface area is 80.0 Å². The van der Waals surface area contributed by atoms with Gasteiger partial charge in [0, 0.05) is 13.1 Å². The van der Waals surface area contributed by atoms with Crippen LogP contribution < -0.4 is 0 Å². The molecule has 0 aromatic rings. The molecule has 0 amide bonds. The Morgan fingerprint density at radius 2 is 2.08 bits per heavy atom. The predicted octanol–water partition coefficient (Wildman–Crippen LogP) is 1.09. The first-order chi connectivity index (χ1) is 6.34. The minimum absolute atomic E-state index is 0.0466. The summed E-state index contributed by atoms with van der Waals surface area (Å²) in [6.07, 6.45) is 2.75. The number of likely N-dealkylation sites (tertiary alicyclic amines) is 1. The van der Waals surface area contributed by atoms with Crippen LogP contribution in [0.4, 0.5) is 0 Å². The molecule has 0 aromatic heterocycles. The van der Waals surface area contributed by atoms with Crippen LogP contribution in [0.3, 0.4) is 0 Å². The molecule has 3 nitrogen and oxygen atoms in total. The van der Waals surface area contributed by atoms with E-state index in [2.05, 4.69) is 11.8 Å². The van der Waals surface area contributed by atoms with Crippen LogP contribution in [0.25, 0.3) is 0 Å². The second kappa shape index (κ2) is 4.40. The fraction of sp³-hybridized carbons (Fsp3) is 1.00. The topological polar surface area (TPSA) is 21.7 Å². The summed E-state index contributed by atoms with van der Waals surface area (Å²) in [7, 11) is 0. The molecule has 2 aliphatic rings. The van der Waals surface area contributed by atoms with E-state index >= 15 is 0 Å². The number of ether oxygens (including phenoxy) is 2. The van der Waals surface area contributed by atoms with Crippen molar-refractivity contribution in [1.82, 2.24) is 4.90 Å². The molecule has 1 atom stereocenters. The molecule has 0 aliphatic carbocycles. The monoisotopic (exact) mass is 185 g/mol. The van der Waals surface area contributed by atoms with E-state index in [1.807, 2.05) is 0 Å². The molecule has 2 fully saturated rings. The quantitative estimate of drug-likeness (QED) is 0.643. The SMILES string of the molecule is C[C@H]1CCCN(CC2OCCO2)C1. The standard InChI is InChI=1S/C10H19NO2/c1-9-3-2-4-11(7-9)8-10-12-5-6-13-10/h9-10H,2-8H2,1H3/t9-/m0/s1. The van der Waals surface area contributed by atoms with Gasteiger partial charge in [0.1, 0.15) is 0 Å². The van der Waals surface area contributed by atoms with E-state index in [4.69, 9.17) is 9.47 Å². The number of piperidine rings is 1. The lowest BCUT2D eigenvalue weighted by molar-refractivity contribution is -0.0666. The maximum Gasteiger partial charge on any atom is 0.170 e. The second-order valence-corrected chi connectivity index (χ2v) is 4.18. The van der Waals surface area contributed by atoms with Gasteiger partial charge in [0.25, 0.3) is 0 Å². The first-order valence-electron chi connectivity index (χ1n) is 5.30. The van der Waals surface area contributed by atoms with Gasteiger partial charge in [-0.25, -0.2) is 0 Å². The van der Waals surface area contributed by atoms with Crippen LogP contribution in [0, 0.1) is 5.92 Å². The Hall–Kier alpha value is -0.120. The highest BCUT2D eigenvalue weighted by molar-refractivity contribution is 4.71. The molecule has 2 aliphatic heterocycles. The second-order valence-electron chi connectivity index (χ2n) is 4.18. The summed E-state index contributed by atoms with van der Waals surface area (Å²) in [6, 6.07) is 0. The Kier molecular flexibility index (Phi) is 3.19. The molecule has 2 rings (SSSR count). The van der Waals surface area contributed by atoms with E-state index in [1.165, 1.54) is 25.9 Å². The van der Waals surface area contributed by atoms with Gasteiger partial charge in [0.15, 0.2) is 6.29 Å². The molecule has 0 bridgehead atoms. The van der Waals surface area contributed by atoms with Gasteiger partial charge in [-0.1, -0.05) is 6.92 Å². The van der Waals surface area contributed by atoms with Crippen molar-refractivity contribution in [2.75, 3.05) is 32.8 Å². The number of nitrogens with zero attached hydrogens (tertiary/aromatic N) is 1. The van der Waals surface area contributed by atoms with E-state index in [-0.39, 0.29) is 6.29 Å². The van der Waals surface area contributed by atoms with E-state index < -0.39 is 0 Å². The fourth-order valence-corrected chi connectivity index (χ4v) is 2.18. The average molecular weight is 185 g/mol. The molecule has 3 heteroatoms. The molecule has 0 saturated carbocycles. The molecule has 13 heavy (non-hydrogen) atoms. The molecule has 0 radical (unpaired) electrons. The molecule has 0 aromatic carbocycles. The molecule has 2 saturated heterocycles. The van der Waals surface area contributed by atoms with E-state index in [0.717, 1.165) is 25.7 Å². The van der Waals surface area contributed by atoms with E-state index in [1.54, 1.807) is 0 Å². The Bertz CT molecular complexity index is 157. The summed E-state index contributed by atoms with van der Waals surface area (Å²) < 4.78 is 10.9. The highest BCUT2D eigenvalue weighted by atomic mass is 16.7. The molecular weight excluding hydrogens is 166 g/mol. The maximum absolute atomic E-state index is 5.43. The predicted molar refractivity (Wildman–Crippen MR) is 50.5 cm³/mol. The van der Waals surface area contributed by atoms with E-state index in [0.29, 0.717) is 0 Å². The molecule has 76 valence electrons. The minimum atomic E-state index is 0.0466. The highest BCUT2D eigenvalue weighted by Gasteiger charge is 2.22. The van der Waals surface area contributed by atoms with Crippen molar-refractivity contribution >= 4 is 0 Å². The van der Waals surface area contributed by atoms with Crippen molar-refractivity contribution < 1.29 is 9.47 Å². The third kappa shape index (κ3) is 2.66. The van der Waals surface area contributed by atoms with Crippen LogP contribution >= 0.6 is 0 Å². The normalized spacial score (nSPS) is 32.5. The zero-order valence-electron chi connectivity index (χ0n) is 8.37. The minimum Gasteiger partial charge on any atom is -0.349 e. The first-order valence-corrected chi connectivity index (χ1v) is 5.30. The van der Waals surface area contributed by atoms with Crippen molar-refractivity contribution in [2.45, 2.75) is 26.1 Å². The van der Waals surface area contributed by atoms with Crippen LogP contribution in [0.5, 0.6) is 0 Å². The largest absolute Gasteiger partial charge is 0.349 e. The number of rotatable bonds is 2. The summed E-state index contributed by atoms with van der Waals surface area (Å²) in [5.41, 5.74) is 0. The van der Waals surface area contributed by atoms with Crippen LogP contribution in [0.2, 0.25) is 0 Å². The van der Waals surface area contributed by atoms with Gasteiger partial charge in [-0.05, 0) is 25.3 Å². The molecular formula is C10H19NO2. The summed E-state index contributed by atoms with van der Waals surface area (Å²) in [5.74, 6) is 0.843. The van der Waals surface area contributed by atoms with Crippen LogP contribution in [0.1, 0.15) is 19.8 Å². The van der Waals surface area contributed by atoms with Gasteiger partial charge in [0.05, 0.1) is 13.2 Å². The first kappa shape index (κ1) is 9.44. The number of hydrogen-bond donors (Lipinski definition) is 0. The Morgan fingerprint density at radius 1 is 1.31 bits per heavy atom. The molecule has 0 unspecified atom stereocenters. The highest BCUT2D eigenvalue weighted by Crippen LogP contribution is 2.17. The Morgan fingerprint density at radius 3 is 2.77 bits per heavy atom. The van der Waals surface area contributed by atoms with Crippen molar-refractivity contribution in [3.8, 4) is 0 Å². The van der Waals surface area contributed by atoms with E-state index in [9.17, 15) is 0 Å². The lowest BCUT2D eigenvalue weighted by atomic mass is 10.0. The van der Waals surface area contributed by atoms with Crippen molar-refractivity contribution in [2.24, 2.45) is 5.92 Å². The molecule has 0 N–H and O–H groups in total. The third-order valence-corrected chi connectivity index (χ3v) is 2.84. The number of hydrogen-bond acceptors (Lipinski definition) is 3. The van der Waals surface area contributed by atoms with Gasteiger partial charge in [-0.2, -0.15) is 0 Å². The van der Waals surface area contributed by atoms with Crippen LogP contribution in [-0.2, 0) is 9.47 Å². The van der Waals surface area contributed by atoms with Crippen LogP contribution in [0.15, 0.2) is 0 Å². The average Bonchev–Trinajstić information content (AvgIpc) is 2.57. The lowest BCUT2D eigenvalue weighted by Gasteiger charge is -2.31. The van der Waals surface area contributed by atoms with Crippen molar-refractivity contribution in [3.63, 3.8) is 0 Å². The maximum atomic E-state index is 5.43. The lowest BCUT2D eigenvalue weighted by Crippen LogP contribution is -2.39. The van der Waals surface area contributed by atoms with Gasteiger partial charge in [0.2, 0.25) is 0 Å². The van der Waals surface area contributed by atoms with Gasteiger partial charge >= 0.3 is 0 Å². The van der Waals surface area contributed by atoms with Gasteiger partial charge < -0.3 is 9.47 Å². The summed E-state index contributed by atoms with van der Waals surface area (Å²) in [4.78, 5) is 2.46. The smallest absolute Gasteiger partial charge is 0.170 e. The van der Waals surface area contributed by atoms with Crippen LogP contribution in [-0.4, -0.2) is 44.0 Å². The summed E-state index contributed by atoms with van der Waals surface area (Å²) >= 11 is 0. The Balaban J connectivity index is 1.73. The molecule has 0 spiro atoms. The van der Waals surface area contributed by atoms with Gasteiger partial charge in [-0.3, -0.25) is 4.90 Å². The zero-order valence-corrected chi connectivity index (χ0v) is 8.37. The summed E-state index contributed by atoms with van der Waals surface area (Å²) in [5, 5.41) is 0. The zero-order chi connectivity index (χ0) is 9.10.